The van der Waals surface area contributed by atoms with E-state index in [9.17, 15) is 0 Å². The van der Waals surface area contributed by atoms with Crippen molar-refractivity contribution in [2.75, 3.05) is 0 Å². The minimum atomic E-state index is -1.17. The summed E-state index contributed by atoms with van der Waals surface area (Å²) in [5, 5.41) is 0. The molecule has 0 spiro atoms. The molecule has 0 saturated carbocycles. The number of hydrogen-bond acceptors (Lipinski definition) is 1. The van der Waals surface area contributed by atoms with Crippen molar-refractivity contribution in [1.29, 1.82) is 0 Å². The third-order valence-corrected chi connectivity index (χ3v) is 0. The van der Waals surface area contributed by atoms with E-state index in [-0.39, 0.29) is 23.1 Å². The SMILES string of the molecule is O=[PH+]O.[Mg]. The van der Waals surface area contributed by atoms with Crippen molar-refractivity contribution in [2.45, 2.75) is 0 Å². The molecule has 1 atom stereocenters. The van der Waals surface area contributed by atoms with E-state index in [0.717, 1.165) is 0 Å². The van der Waals surface area contributed by atoms with Crippen LogP contribution < -0.4 is 0 Å². The van der Waals surface area contributed by atoms with Crippen molar-refractivity contribution in [1.82, 2.24) is 0 Å². The fourth-order valence-corrected chi connectivity index (χ4v) is 0. The normalized spacial score (nSPS) is 5.25. The first-order valence-electron chi connectivity index (χ1n) is 0.428. The van der Waals surface area contributed by atoms with Crippen LogP contribution in [-0.2, 0) is 4.57 Å². The quantitative estimate of drug-likeness (QED) is 0.322. The van der Waals surface area contributed by atoms with Gasteiger partial charge in [0.1, 0.15) is 0 Å². The second-order valence-electron chi connectivity index (χ2n) is 0.0913. The lowest BCUT2D eigenvalue weighted by Crippen LogP contribution is -1.03. The molecule has 0 aromatic carbocycles. The first kappa shape index (κ1) is 8.85. The molecule has 0 saturated heterocycles. The second-order valence-corrected chi connectivity index (χ2v) is 0.274. The zero-order valence-electron chi connectivity index (χ0n) is 2.06. The highest BCUT2D eigenvalue weighted by atomic mass is 31.1. The maximum absolute atomic E-state index is 8.51. The summed E-state index contributed by atoms with van der Waals surface area (Å²) in [5.74, 6) is 0. The Balaban J connectivity index is 0. The molecule has 1 N–H and O–H groups in total. The first-order valence-corrected chi connectivity index (χ1v) is 1.28. The van der Waals surface area contributed by atoms with Gasteiger partial charge in [-0.25, -0.2) is 0 Å². The maximum Gasteiger partial charge on any atom is 0.491 e. The molecule has 4 heavy (non-hydrogen) atoms. The zero-order valence-corrected chi connectivity index (χ0v) is 4.48. The standard InChI is InChI=1S/Mg.HO2P/c;1-3-2/h;3H/p+1. The highest BCUT2D eigenvalue weighted by molar-refractivity contribution is 7.16. The van der Waals surface area contributed by atoms with Crippen molar-refractivity contribution in [3.05, 3.63) is 0 Å². The fraction of sp³-hybridized carbons (Fsp3) is 0. The molecule has 0 heterocycles. The van der Waals surface area contributed by atoms with Gasteiger partial charge in [0.25, 0.3) is 0 Å². The molecule has 0 aromatic rings. The van der Waals surface area contributed by atoms with Crippen LogP contribution >= 0.6 is 8.69 Å². The number of rotatable bonds is 0. The highest BCUT2D eigenvalue weighted by Gasteiger charge is 1.45. The topological polar surface area (TPSA) is 37.3 Å². The fourth-order valence-electron chi connectivity index (χ4n) is 0. The molecule has 0 aromatic heterocycles. The lowest BCUT2D eigenvalue weighted by atomic mass is 15.9. The molecule has 0 fully saturated rings. The lowest BCUT2D eigenvalue weighted by molar-refractivity contribution is 0.524. The summed E-state index contributed by atoms with van der Waals surface area (Å²) < 4.78 is 8.51. The van der Waals surface area contributed by atoms with Gasteiger partial charge in [-0.05, 0) is 4.57 Å². The van der Waals surface area contributed by atoms with E-state index >= 15 is 0 Å². The van der Waals surface area contributed by atoms with Gasteiger partial charge in [0.2, 0.25) is 0 Å². The molecule has 1 unspecified atom stereocenters. The van der Waals surface area contributed by atoms with Crippen molar-refractivity contribution in [3.63, 3.8) is 0 Å². The summed E-state index contributed by atoms with van der Waals surface area (Å²) in [7, 11) is -1.17. The summed E-state index contributed by atoms with van der Waals surface area (Å²) in [6.07, 6.45) is 0. The van der Waals surface area contributed by atoms with E-state index in [1.165, 1.54) is 0 Å². The molecule has 2 radical (unpaired) electrons. The van der Waals surface area contributed by atoms with Crippen molar-refractivity contribution >= 4 is 31.7 Å². The molecular weight excluding hydrogens is 87.3 g/mol. The Bertz CT molecular complexity index is 13.5. The van der Waals surface area contributed by atoms with Gasteiger partial charge in [-0.3, -0.25) is 0 Å². The van der Waals surface area contributed by atoms with Gasteiger partial charge in [0, 0.05) is 23.1 Å². The van der Waals surface area contributed by atoms with Crippen LogP contribution in [-0.4, -0.2) is 27.9 Å². The minimum Gasteiger partial charge on any atom is -0.162 e. The van der Waals surface area contributed by atoms with Crippen LogP contribution in [0.1, 0.15) is 0 Å². The van der Waals surface area contributed by atoms with E-state index in [2.05, 4.69) is 0 Å². The third-order valence-electron chi connectivity index (χ3n) is 0. The highest BCUT2D eigenvalue weighted by Crippen LogP contribution is 1.66. The Labute approximate surface area is 41.6 Å². The molecule has 4 heteroatoms. The Hall–Kier alpha value is 0.826. The van der Waals surface area contributed by atoms with Crippen molar-refractivity contribution < 1.29 is 9.46 Å². The van der Waals surface area contributed by atoms with Gasteiger partial charge < -0.3 is 0 Å². The smallest absolute Gasteiger partial charge is 0.162 e. The van der Waals surface area contributed by atoms with E-state index in [4.69, 9.17) is 9.46 Å². The first-order chi connectivity index (χ1) is 1.41. The Morgan fingerprint density at radius 2 is 1.75 bits per heavy atom. The monoisotopic (exact) mass is 89.0 g/mol. The van der Waals surface area contributed by atoms with Crippen molar-refractivity contribution in [3.8, 4) is 0 Å². The maximum atomic E-state index is 8.51. The molecule has 0 aliphatic heterocycles. The van der Waals surface area contributed by atoms with E-state index in [1.54, 1.807) is 0 Å². The summed E-state index contributed by atoms with van der Waals surface area (Å²) in [6, 6.07) is 0. The van der Waals surface area contributed by atoms with Crippen molar-refractivity contribution in [2.24, 2.45) is 0 Å². The van der Waals surface area contributed by atoms with Gasteiger partial charge >= 0.3 is 8.69 Å². The lowest BCUT2D eigenvalue weighted by Gasteiger charge is -1.08. The Morgan fingerprint density at radius 1 is 1.75 bits per heavy atom. The molecule has 0 rings (SSSR count). The molecule has 0 aliphatic carbocycles. The molecule has 0 bridgehead atoms. The van der Waals surface area contributed by atoms with Crippen LogP contribution in [0, 0.1) is 0 Å². The molecule has 20 valence electrons. The summed E-state index contributed by atoms with van der Waals surface area (Å²) in [6.45, 7) is 0. The minimum absolute atomic E-state index is 0. The predicted octanol–water partition coefficient (Wildman–Crippen LogP) is -0.463. The van der Waals surface area contributed by atoms with Crippen LogP contribution in [0.3, 0.4) is 0 Å². The van der Waals surface area contributed by atoms with Crippen LogP contribution in [0.25, 0.3) is 0 Å². The zero-order chi connectivity index (χ0) is 2.71. The average Bonchev–Trinajstić information content (AvgIpc) is 0.918. The Morgan fingerprint density at radius 3 is 1.75 bits per heavy atom. The molecule has 0 amide bonds. The molecular formula is H2MgO2P+. The van der Waals surface area contributed by atoms with E-state index in [1.807, 2.05) is 0 Å². The molecule has 2 nitrogen and oxygen atoms in total. The third kappa shape index (κ3) is 13.8. The summed E-state index contributed by atoms with van der Waals surface area (Å²) in [4.78, 5) is 7.04. The Kier molecular flexibility index (Phi) is 20.3. The predicted molar refractivity (Wildman–Crippen MR) is 17.0 cm³/mol. The van der Waals surface area contributed by atoms with Gasteiger partial charge in [0.15, 0.2) is 0 Å². The van der Waals surface area contributed by atoms with E-state index < -0.39 is 8.69 Å². The number of hydrogen-bond donors (Lipinski definition) is 1. The molecule has 0 aliphatic rings. The largest absolute Gasteiger partial charge is 0.491 e. The van der Waals surface area contributed by atoms with E-state index in [0.29, 0.717) is 0 Å². The van der Waals surface area contributed by atoms with Gasteiger partial charge in [0.05, 0.1) is 0 Å². The van der Waals surface area contributed by atoms with Crippen LogP contribution in [0.5, 0.6) is 0 Å². The van der Waals surface area contributed by atoms with Gasteiger partial charge in [-0.2, -0.15) is 4.89 Å². The van der Waals surface area contributed by atoms with Crippen LogP contribution in [0.2, 0.25) is 0 Å². The summed E-state index contributed by atoms with van der Waals surface area (Å²) >= 11 is 0. The average molecular weight is 89.3 g/mol. The summed E-state index contributed by atoms with van der Waals surface area (Å²) in [5.41, 5.74) is 0. The van der Waals surface area contributed by atoms with Gasteiger partial charge in [-0.1, -0.05) is 0 Å². The second kappa shape index (κ2) is 9.16. The van der Waals surface area contributed by atoms with Crippen LogP contribution in [0.15, 0.2) is 0 Å². The van der Waals surface area contributed by atoms with Gasteiger partial charge in [-0.15, -0.1) is 0 Å². The van der Waals surface area contributed by atoms with Crippen LogP contribution in [0.4, 0.5) is 0 Å².